The lowest BCUT2D eigenvalue weighted by atomic mass is 10.0. The number of hydrogen-bond acceptors (Lipinski definition) is 5. The number of nitrogens with zero attached hydrogens (tertiary/aromatic N) is 2. The number of hydrogen-bond donors (Lipinski definition) is 2. The van der Waals surface area contributed by atoms with E-state index in [1.165, 1.54) is 0 Å². The van der Waals surface area contributed by atoms with Crippen molar-refractivity contribution in [3.63, 3.8) is 0 Å². The van der Waals surface area contributed by atoms with Crippen molar-refractivity contribution in [2.45, 2.75) is 25.4 Å². The molecule has 0 bridgehead atoms. The van der Waals surface area contributed by atoms with Gasteiger partial charge in [0, 0.05) is 19.6 Å². The molecule has 92 valence electrons. The minimum atomic E-state index is -2.61. The predicted molar refractivity (Wildman–Crippen MR) is 56.6 cm³/mol. The van der Waals surface area contributed by atoms with E-state index < -0.39 is 22.3 Å². The molecule has 1 amide bonds. The molecule has 0 spiro atoms. The number of rotatable bonds is 3. The van der Waals surface area contributed by atoms with Crippen LogP contribution in [0.3, 0.4) is 0 Å². The van der Waals surface area contributed by atoms with Gasteiger partial charge in [0.1, 0.15) is 0 Å². The van der Waals surface area contributed by atoms with Crippen molar-refractivity contribution in [1.82, 2.24) is 10.2 Å². The molecule has 1 atom stereocenters. The molecule has 1 saturated heterocycles. The van der Waals surface area contributed by atoms with E-state index in [-0.39, 0.29) is 13.1 Å². The van der Waals surface area contributed by atoms with Gasteiger partial charge in [-0.05, 0) is 6.42 Å². The molecule has 1 unspecified atom stereocenters. The van der Waals surface area contributed by atoms with Gasteiger partial charge in [0.25, 0.3) is 0 Å². The zero-order chi connectivity index (χ0) is 12.2. The Kier molecular flexibility index (Phi) is 4.25. The average molecular weight is 249 g/mol. The average Bonchev–Trinajstić information content (AvgIpc) is 2.16. The molecule has 1 aliphatic rings. The largest absolute Gasteiger partial charge is 0.465 e. The SMILES string of the molecule is CCCC1(N=S(=O)=O)CNCCN1C(=O)O. The molecule has 0 aromatic rings. The highest BCUT2D eigenvalue weighted by molar-refractivity contribution is 7.61. The van der Waals surface area contributed by atoms with Crippen LogP contribution in [0.5, 0.6) is 0 Å². The monoisotopic (exact) mass is 249 g/mol. The van der Waals surface area contributed by atoms with Crippen LogP contribution in [0.25, 0.3) is 0 Å². The van der Waals surface area contributed by atoms with Gasteiger partial charge in [-0.15, -0.1) is 4.36 Å². The molecule has 0 aromatic heterocycles. The number of carbonyl (C=O) groups is 1. The Labute approximate surface area is 95.1 Å². The van der Waals surface area contributed by atoms with Gasteiger partial charge in [-0.2, -0.15) is 8.42 Å². The van der Waals surface area contributed by atoms with E-state index in [1.807, 2.05) is 6.92 Å². The molecule has 0 aromatic carbocycles. The summed E-state index contributed by atoms with van der Waals surface area (Å²) in [4.78, 5) is 12.2. The molecule has 1 heterocycles. The molecule has 1 fully saturated rings. The maximum Gasteiger partial charge on any atom is 0.409 e. The van der Waals surface area contributed by atoms with E-state index in [2.05, 4.69) is 9.68 Å². The van der Waals surface area contributed by atoms with Crippen molar-refractivity contribution in [2.24, 2.45) is 4.36 Å². The summed E-state index contributed by atoms with van der Waals surface area (Å²) in [5.41, 5.74) is -1.18. The molecule has 7 nitrogen and oxygen atoms in total. The Balaban J connectivity index is 3.12. The van der Waals surface area contributed by atoms with E-state index >= 15 is 0 Å². The summed E-state index contributed by atoms with van der Waals surface area (Å²) in [6.07, 6.45) is -0.0870. The third-order valence-corrected chi connectivity index (χ3v) is 3.04. The third kappa shape index (κ3) is 2.70. The second-order valence-electron chi connectivity index (χ2n) is 3.65. The van der Waals surface area contributed by atoms with E-state index in [0.717, 1.165) is 4.90 Å². The minimum absolute atomic E-state index is 0.237. The molecule has 0 saturated carbocycles. The summed E-state index contributed by atoms with van der Waals surface area (Å²) < 4.78 is 25.0. The summed E-state index contributed by atoms with van der Waals surface area (Å²) in [6, 6.07) is 0. The fourth-order valence-electron chi connectivity index (χ4n) is 1.95. The van der Waals surface area contributed by atoms with Crippen LogP contribution >= 0.6 is 0 Å². The first-order chi connectivity index (χ1) is 7.52. The van der Waals surface area contributed by atoms with Crippen LogP contribution in [0, 0.1) is 0 Å². The van der Waals surface area contributed by atoms with E-state index in [0.29, 0.717) is 19.4 Å². The highest BCUT2D eigenvalue weighted by atomic mass is 32.2. The Morgan fingerprint density at radius 2 is 2.31 bits per heavy atom. The second-order valence-corrected chi connectivity index (χ2v) is 4.27. The second kappa shape index (κ2) is 5.26. The summed E-state index contributed by atoms with van der Waals surface area (Å²) in [6.45, 7) is 2.86. The van der Waals surface area contributed by atoms with Gasteiger partial charge in [-0.1, -0.05) is 13.3 Å². The molecule has 8 heteroatoms. The van der Waals surface area contributed by atoms with Crippen LogP contribution in [-0.4, -0.2) is 49.8 Å². The molecule has 2 N–H and O–H groups in total. The van der Waals surface area contributed by atoms with Gasteiger partial charge in [0.05, 0.1) is 0 Å². The quantitative estimate of drug-likeness (QED) is 0.740. The summed E-state index contributed by atoms with van der Waals surface area (Å²) in [7, 11) is -2.61. The zero-order valence-electron chi connectivity index (χ0n) is 9.01. The van der Waals surface area contributed by atoms with Crippen LogP contribution in [0.2, 0.25) is 0 Å². The molecular weight excluding hydrogens is 234 g/mol. The van der Waals surface area contributed by atoms with Gasteiger partial charge in [-0.25, -0.2) is 4.79 Å². The smallest absolute Gasteiger partial charge is 0.409 e. The van der Waals surface area contributed by atoms with Crippen molar-refractivity contribution in [3.05, 3.63) is 0 Å². The van der Waals surface area contributed by atoms with E-state index in [1.54, 1.807) is 0 Å². The van der Waals surface area contributed by atoms with Crippen molar-refractivity contribution in [1.29, 1.82) is 0 Å². The Hall–Kier alpha value is -1.15. The van der Waals surface area contributed by atoms with E-state index in [9.17, 15) is 13.2 Å². The van der Waals surface area contributed by atoms with Crippen LogP contribution in [0.4, 0.5) is 4.79 Å². The van der Waals surface area contributed by atoms with Gasteiger partial charge >= 0.3 is 16.6 Å². The lowest BCUT2D eigenvalue weighted by Crippen LogP contribution is -2.61. The van der Waals surface area contributed by atoms with Crippen molar-refractivity contribution in [2.75, 3.05) is 19.6 Å². The minimum Gasteiger partial charge on any atom is -0.465 e. The van der Waals surface area contributed by atoms with Crippen LogP contribution in [-0.2, 0) is 10.5 Å². The van der Waals surface area contributed by atoms with Crippen molar-refractivity contribution < 1.29 is 18.3 Å². The van der Waals surface area contributed by atoms with Gasteiger partial charge < -0.3 is 10.4 Å². The normalized spacial score (nSPS) is 25.2. The zero-order valence-corrected chi connectivity index (χ0v) is 9.83. The van der Waals surface area contributed by atoms with Crippen LogP contribution in [0.15, 0.2) is 4.36 Å². The Bertz CT molecular complexity index is 382. The molecule has 1 rings (SSSR count). The molecule has 0 aliphatic carbocycles. The lowest BCUT2D eigenvalue weighted by Gasteiger charge is -2.41. The van der Waals surface area contributed by atoms with Gasteiger partial charge in [0.2, 0.25) is 0 Å². The Morgan fingerprint density at radius 1 is 1.62 bits per heavy atom. The molecule has 0 radical (unpaired) electrons. The number of carboxylic acid groups (broad SMARTS) is 1. The number of piperazine rings is 1. The van der Waals surface area contributed by atoms with Crippen LogP contribution in [0.1, 0.15) is 19.8 Å². The standard InChI is InChI=1S/C8H15N3O4S/c1-2-3-8(10-16(14)15)6-9-4-5-11(8)7(12)13/h9H,2-6H2,1H3,(H,12,13). The first kappa shape index (κ1) is 12.9. The van der Waals surface area contributed by atoms with Crippen LogP contribution < -0.4 is 5.32 Å². The Morgan fingerprint density at radius 3 is 2.81 bits per heavy atom. The van der Waals surface area contributed by atoms with Gasteiger partial charge in [0.15, 0.2) is 5.66 Å². The number of amides is 1. The third-order valence-electron chi connectivity index (χ3n) is 2.55. The summed E-state index contributed by atoms with van der Waals surface area (Å²) in [5, 5.41) is 12.0. The molecular formula is C8H15N3O4S. The van der Waals surface area contributed by atoms with Crippen molar-refractivity contribution >= 4 is 16.6 Å². The fourth-order valence-corrected chi connectivity index (χ4v) is 2.48. The molecule has 16 heavy (non-hydrogen) atoms. The van der Waals surface area contributed by atoms with Gasteiger partial charge in [-0.3, -0.25) is 4.90 Å². The topological polar surface area (TPSA) is 99.1 Å². The maximum absolute atomic E-state index is 11.1. The summed E-state index contributed by atoms with van der Waals surface area (Å²) >= 11 is 0. The first-order valence-corrected chi connectivity index (χ1v) is 6.08. The highest BCUT2D eigenvalue weighted by Gasteiger charge is 2.41. The maximum atomic E-state index is 11.1. The summed E-state index contributed by atoms with van der Waals surface area (Å²) in [5.74, 6) is 0. The predicted octanol–water partition coefficient (Wildman–Crippen LogP) is 0.129. The fraction of sp³-hybridized carbons (Fsp3) is 0.875. The molecule has 1 aliphatic heterocycles. The van der Waals surface area contributed by atoms with E-state index in [4.69, 9.17) is 5.11 Å². The first-order valence-electron chi connectivity index (χ1n) is 5.05. The highest BCUT2D eigenvalue weighted by Crippen LogP contribution is 2.25. The lowest BCUT2D eigenvalue weighted by molar-refractivity contribution is 0.0568. The van der Waals surface area contributed by atoms with Crippen molar-refractivity contribution in [3.8, 4) is 0 Å². The number of nitrogens with one attached hydrogen (secondary N) is 1.